The maximum Gasteiger partial charge on any atom is 0.251 e. The number of fused-ring (bicyclic) bond motifs is 1. The summed E-state index contributed by atoms with van der Waals surface area (Å²) in [5.41, 5.74) is 9.40. The predicted octanol–water partition coefficient (Wildman–Crippen LogP) is 2.51. The van der Waals surface area contributed by atoms with Crippen LogP contribution >= 0.6 is 0 Å². The van der Waals surface area contributed by atoms with Gasteiger partial charge in [-0.1, -0.05) is 6.07 Å². The third kappa shape index (κ3) is 5.06. The Kier molecular flexibility index (Phi) is 6.68. The Bertz CT molecular complexity index is 1500. The summed E-state index contributed by atoms with van der Waals surface area (Å²) in [6.07, 6.45) is 7.21. The van der Waals surface area contributed by atoms with Crippen molar-refractivity contribution in [1.29, 1.82) is 0 Å². The molecule has 12 heteroatoms. The van der Waals surface area contributed by atoms with Crippen LogP contribution in [0.3, 0.4) is 0 Å². The summed E-state index contributed by atoms with van der Waals surface area (Å²) in [5, 5.41) is 2.80. The quantitative estimate of drug-likeness (QED) is 0.385. The zero-order chi connectivity index (χ0) is 26.8. The zero-order valence-electron chi connectivity index (χ0n) is 21.0. The largest absolute Gasteiger partial charge is 0.378 e. The van der Waals surface area contributed by atoms with Gasteiger partial charge >= 0.3 is 0 Å². The monoisotopic (exact) mass is 527 g/mol. The number of hydrogen-bond donors (Lipinski definition) is 2. The van der Waals surface area contributed by atoms with Crippen molar-refractivity contribution in [2.75, 3.05) is 48.4 Å². The van der Waals surface area contributed by atoms with E-state index in [0.717, 1.165) is 11.1 Å². The first-order valence-corrected chi connectivity index (χ1v) is 12.6. The van der Waals surface area contributed by atoms with Crippen molar-refractivity contribution in [3.63, 3.8) is 0 Å². The molecule has 0 saturated carbocycles. The van der Waals surface area contributed by atoms with Gasteiger partial charge < -0.3 is 25.6 Å². The van der Waals surface area contributed by atoms with E-state index in [4.69, 9.17) is 20.4 Å². The SMILES string of the molecule is Nc1ncc(-c2nc(N3CCOCC3)nc3c2CCN3c2ccc(C(=O)NCc3cccnc3)cc2F)cn1. The van der Waals surface area contributed by atoms with E-state index in [1.54, 1.807) is 43.0 Å². The fourth-order valence-corrected chi connectivity index (χ4v) is 4.74. The molecule has 0 bridgehead atoms. The van der Waals surface area contributed by atoms with E-state index in [1.807, 2.05) is 15.9 Å². The van der Waals surface area contributed by atoms with E-state index >= 15 is 4.39 Å². The van der Waals surface area contributed by atoms with Gasteiger partial charge in [0, 0.05) is 67.7 Å². The van der Waals surface area contributed by atoms with Gasteiger partial charge in [-0.05, 0) is 36.2 Å². The number of ether oxygens (including phenoxy) is 1. The molecule has 1 saturated heterocycles. The Morgan fingerprint density at radius 1 is 1.08 bits per heavy atom. The van der Waals surface area contributed by atoms with Gasteiger partial charge in [0.2, 0.25) is 11.9 Å². The van der Waals surface area contributed by atoms with E-state index in [1.165, 1.54) is 6.07 Å². The second-order valence-corrected chi connectivity index (χ2v) is 9.22. The van der Waals surface area contributed by atoms with Gasteiger partial charge in [-0.3, -0.25) is 9.78 Å². The van der Waals surface area contributed by atoms with Crippen LogP contribution in [-0.2, 0) is 17.7 Å². The lowest BCUT2D eigenvalue weighted by molar-refractivity contribution is 0.0950. The molecule has 198 valence electrons. The predicted molar refractivity (Wildman–Crippen MR) is 143 cm³/mol. The molecule has 6 rings (SSSR count). The fraction of sp³-hybridized carbons (Fsp3) is 0.259. The van der Waals surface area contributed by atoms with Gasteiger partial charge in [0.25, 0.3) is 5.91 Å². The number of benzene rings is 1. The molecule has 0 atom stereocenters. The number of anilines is 4. The first kappa shape index (κ1) is 24.6. The summed E-state index contributed by atoms with van der Waals surface area (Å²) in [6.45, 7) is 3.24. The Labute approximate surface area is 223 Å². The van der Waals surface area contributed by atoms with Crippen LogP contribution in [0.5, 0.6) is 0 Å². The molecule has 1 fully saturated rings. The highest BCUT2D eigenvalue weighted by Gasteiger charge is 2.31. The summed E-state index contributed by atoms with van der Waals surface area (Å²) in [7, 11) is 0. The maximum atomic E-state index is 15.5. The fourth-order valence-electron chi connectivity index (χ4n) is 4.74. The smallest absolute Gasteiger partial charge is 0.251 e. The number of halogens is 1. The summed E-state index contributed by atoms with van der Waals surface area (Å²) in [5.74, 6) is 0.439. The number of aromatic nitrogens is 5. The van der Waals surface area contributed by atoms with Gasteiger partial charge in [-0.25, -0.2) is 19.3 Å². The number of nitrogen functional groups attached to an aromatic ring is 1. The van der Waals surface area contributed by atoms with Crippen LogP contribution in [0.4, 0.5) is 27.8 Å². The Hall–Kier alpha value is -4.71. The molecule has 3 aromatic heterocycles. The second-order valence-electron chi connectivity index (χ2n) is 9.22. The molecular weight excluding hydrogens is 501 g/mol. The highest BCUT2D eigenvalue weighted by Crippen LogP contribution is 2.40. The lowest BCUT2D eigenvalue weighted by atomic mass is 10.1. The van der Waals surface area contributed by atoms with Crippen LogP contribution in [0.1, 0.15) is 21.5 Å². The number of nitrogens with one attached hydrogen (secondary N) is 1. The van der Waals surface area contributed by atoms with E-state index in [9.17, 15) is 4.79 Å². The van der Waals surface area contributed by atoms with Gasteiger partial charge in [-0.2, -0.15) is 4.98 Å². The van der Waals surface area contributed by atoms with Crippen molar-refractivity contribution in [3.8, 4) is 11.3 Å². The molecule has 39 heavy (non-hydrogen) atoms. The van der Waals surface area contributed by atoms with E-state index in [0.29, 0.717) is 74.5 Å². The van der Waals surface area contributed by atoms with Crippen molar-refractivity contribution in [2.24, 2.45) is 0 Å². The van der Waals surface area contributed by atoms with Crippen LogP contribution in [-0.4, -0.2) is 63.7 Å². The van der Waals surface area contributed by atoms with Crippen molar-refractivity contribution >= 4 is 29.3 Å². The number of nitrogens with zero attached hydrogens (tertiary/aromatic N) is 7. The van der Waals surface area contributed by atoms with Crippen LogP contribution in [0, 0.1) is 5.82 Å². The molecule has 0 aliphatic carbocycles. The first-order chi connectivity index (χ1) is 19.1. The van der Waals surface area contributed by atoms with Crippen LogP contribution in [0.25, 0.3) is 11.3 Å². The van der Waals surface area contributed by atoms with E-state index < -0.39 is 5.82 Å². The number of pyridine rings is 1. The third-order valence-corrected chi connectivity index (χ3v) is 6.73. The second kappa shape index (κ2) is 10.6. The van der Waals surface area contributed by atoms with Gasteiger partial charge in [0.15, 0.2) is 0 Å². The number of carbonyl (C=O) groups is 1. The third-order valence-electron chi connectivity index (χ3n) is 6.73. The topological polar surface area (TPSA) is 135 Å². The number of amides is 1. The van der Waals surface area contributed by atoms with Gasteiger partial charge in [-0.15, -0.1) is 0 Å². The van der Waals surface area contributed by atoms with Crippen LogP contribution < -0.4 is 20.9 Å². The van der Waals surface area contributed by atoms with E-state index in [-0.39, 0.29) is 17.4 Å². The zero-order valence-corrected chi connectivity index (χ0v) is 21.0. The molecule has 2 aliphatic rings. The van der Waals surface area contributed by atoms with Crippen molar-refractivity contribution in [2.45, 2.75) is 13.0 Å². The summed E-state index contributed by atoms with van der Waals surface area (Å²) in [4.78, 5) is 38.6. The molecule has 3 N–H and O–H groups in total. The summed E-state index contributed by atoms with van der Waals surface area (Å²) < 4.78 is 21.0. The maximum absolute atomic E-state index is 15.5. The Balaban J connectivity index is 1.32. The minimum Gasteiger partial charge on any atom is -0.378 e. The standard InChI is InChI=1S/C27H26FN9O2/c28-21-12-18(25(38)31-14-17-2-1-6-30-13-17)3-4-22(21)37-7-5-20-23(19-15-32-26(29)33-16-19)34-27(35-24(20)37)36-8-10-39-11-9-36/h1-4,6,12-13,15-16H,5,7-11,14H2,(H,31,38)(H2,29,32,33). The number of hydrogen-bond acceptors (Lipinski definition) is 10. The van der Waals surface area contributed by atoms with Gasteiger partial charge in [0.05, 0.1) is 24.6 Å². The summed E-state index contributed by atoms with van der Waals surface area (Å²) >= 11 is 0. The molecule has 4 aromatic rings. The molecule has 0 spiro atoms. The Morgan fingerprint density at radius 3 is 2.64 bits per heavy atom. The number of morpholine rings is 1. The minimum atomic E-state index is -0.513. The normalized spacial score (nSPS) is 14.8. The molecular formula is C27H26FN9O2. The number of carbonyl (C=O) groups excluding carboxylic acids is 1. The molecule has 5 heterocycles. The molecule has 1 aromatic carbocycles. The lowest BCUT2D eigenvalue weighted by Gasteiger charge is -2.28. The van der Waals surface area contributed by atoms with Gasteiger partial charge in [0.1, 0.15) is 11.6 Å². The first-order valence-electron chi connectivity index (χ1n) is 12.6. The molecule has 0 radical (unpaired) electrons. The van der Waals surface area contributed by atoms with Crippen molar-refractivity contribution in [1.82, 2.24) is 30.2 Å². The molecule has 11 nitrogen and oxygen atoms in total. The average molecular weight is 528 g/mol. The van der Waals surface area contributed by atoms with Crippen molar-refractivity contribution in [3.05, 3.63) is 77.6 Å². The van der Waals surface area contributed by atoms with Crippen LogP contribution in [0.15, 0.2) is 55.1 Å². The number of nitrogens with two attached hydrogens (primary N) is 1. The van der Waals surface area contributed by atoms with Crippen molar-refractivity contribution < 1.29 is 13.9 Å². The number of rotatable bonds is 6. The average Bonchev–Trinajstić information content (AvgIpc) is 3.40. The van der Waals surface area contributed by atoms with Crippen LogP contribution in [0.2, 0.25) is 0 Å². The lowest BCUT2D eigenvalue weighted by Crippen LogP contribution is -2.37. The molecule has 0 unspecified atom stereocenters. The molecule has 2 aliphatic heterocycles. The minimum absolute atomic E-state index is 0.172. The molecule has 1 amide bonds. The highest BCUT2D eigenvalue weighted by molar-refractivity contribution is 5.94. The highest BCUT2D eigenvalue weighted by atomic mass is 19.1. The Morgan fingerprint density at radius 2 is 1.90 bits per heavy atom. The van der Waals surface area contributed by atoms with E-state index in [2.05, 4.69) is 20.3 Å². The summed E-state index contributed by atoms with van der Waals surface area (Å²) in [6, 6.07) is 8.15.